The minimum Gasteiger partial charge on any atom is -0.481 e. The normalized spacial score (nSPS) is 49.7. The van der Waals surface area contributed by atoms with Crippen molar-refractivity contribution in [2.75, 3.05) is 0 Å². The number of hydrogen-bond donors (Lipinski definition) is 1. The topological polar surface area (TPSA) is 54.4 Å². The lowest BCUT2D eigenvalue weighted by molar-refractivity contribution is -0.189. The van der Waals surface area contributed by atoms with Crippen LogP contribution in [-0.2, 0) is 9.59 Å². The van der Waals surface area contributed by atoms with Crippen molar-refractivity contribution in [3.05, 3.63) is 23.8 Å². The molecule has 0 saturated heterocycles. The molecule has 182 valence electrons. The van der Waals surface area contributed by atoms with Gasteiger partial charge >= 0.3 is 5.97 Å². The summed E-state index contributed by atoms with van der Waals surface area (Å²) < 4.78 is 0. The Morgan fingerprint density at radius 1 is 0.970 bits per heavy atom. The predicted octanol–water partition coefficient (Wildman–Crippen LogP) is 7.22. The molecule has 0 aromatic rings. The van der Waals surface area contributed by atoms with Gasteiger partial charge in [0.05, 0.1) is 5.41 Å². The van der Waals surface area contributed by atoms with Crippen molar-refractivity contribution in [2.45, 2.75) is 99.8 Å². The van der Waals surface area contributed by atoms with E-state index in [2.05, 4.69) is 60.6 Å². The fourth-order valence-corrected chi connectivity index (χ4v) is 10.00. The first-order chi connectivity index (χ1) is 15.1. The molecule has 0 radical (unpaired) electrons. The number of carbonyl (C=O) groups is 2. The highest BCUT2D eigenvalue weighted by atomic mass is 16.4. The van der Waals surface area contributed by atoms with E-state index in [4.69, 9.17) is 0 Å². The minimum atomic E-state index is -0.728. The maximum Gasteiger partial charge on any atom is 0.309 e. The third kappa shape index (κ3) is 2.80. The zero-order valence-electron chi connectivity index (χ0n) is 21.9. The predicted molar refractivity (Wildman–Crippen MR) is 132 cm³/mol. The number of carboxylic acids is 1. The molecule has 3 fully saturated rings. The molecule has 0 amide bonds. The van der Waals surface area contributed by atoms with E-state index >= 15 is 0 Å². The Bertz CT molecular complexity index is 969. The zero-order chi connectivity index (χ0) is 24.2. The van der Waals surface area contributed by atoms with Gasteiger partial charge in [-0.3, -0.25) is 9.59 Å². The van der Waals surface area contributed by atoms with Gasteiger partial charge in [-0.25, -0.2) is 0 Å². The van der Waals surface area contributed by atoms with Crippen LogP contribution in [-0.4, -0.2) is 16.9 Å². The SMILES string of the molecule is CC1(C)CC[C@]2(C(=O)O)CC[C@]3(C)C(C(=O)C=C4[C@@]5(C)CC=CC(C)(C)C5CC[C@]43C)C2C1. The molecule has 3 saturated carbocycles. The number of rotatable bonds is 1. The monoisotopic (exact) mass is 452 g/mol. The van der Waals surface area contributed by atoms with Crippen molar-refractivity contribution in [1.82, 2.24) is 0 Å². The van der Waals surface area contributed by atoms with Gasteiger partial charge in [0.2, 0.25) is 0 Å². The van der Waals surface area contributed by atoms with Crippen LogP contribution in [0.25, 0.3) is 0 Å². The molecule has 1 N–H and O–H groups in total. The van der Waals surface area contributed by atoms with E-state index in [9.17, 15) is 14.7 Å². The first kappa shape index (κ1) is 23.4. The van der Waals surface area contributed by atoms with Crippen molar-refractivity contribution in [1.29, 1.82) is 0 Å². The van der Waals surface area contributed by atoms with Crippen LogP contribution in [0.5, 0.6) is 0 Å². The van der Waals surface area contributed by atoms with Crippen molar-refractivity contribution in [3.63, 3.8) is 0 Å². The molecule has 7 atom stereocenters. The molecule has 0 aromatic heterocycles. The summed E-state index contributed by atoms with van der Waals surface area (Å²) in [6.45, 7) is 16.5. The summed E-state index contributed by atoms with van der Waals surface area (Å²) in [5.41, 5.74) is 0.652. The zero-order valence-corrected chi connectivity index (χ0v) is 21.9. The summed E-state index contributed by atoms with van der Waals surface area (Å²) in [5, 5.41) is 10.5. The average Bonchev–Trinajstić information content (AvgIpc) is 2.68. The van der Waals surface area contributed by atoms with Crippen molar-refractivity contribution < 1.29 is 14.7 Å². The van der Waals surface area contributed by atoms with Crippen molar-refractivity contribution >= 4 is 11.8 Å². The van der Waals surface area contributed by atoms with Crippen LogP contribution >= 0.6 is 0 Å². The lowest BCUT2D eigenvalue weighted by Gasteiger charge is -2.69. The van der Waals surface area contributed by atoms with Gasteiger partial charge in [0.25, 0.3) is 0 Å². The summed E-state index contributed by atoms with van der Waals surface area (Å²) in [6, 6.07) is 0. The van der Waals surface area contributed by atoms with Gasteiger partial charge in [0, 0.05) is 5.92 Å². The molecular weight excluding hydrogens is 408 g/mol. The summed E-state index contributed by atoms with van der Waals surface area (Å²) in [4.78, 5) is 26.9. The second-order valence-corrected chi connectivity index (χ2v) is 14.6. The summed E-state index contributed by atoms with van der Waals surface area (Å²) in [7, 11) is 0. The molecule has 5 rings (SSSR count). The minimum absolute atomic E-state index is 0.00204. The number of carboxylic acid groups (broad SMARTS) is 1. The lowest BCUT2D eigenvalue weighted by Crippen LogP contribution is -2.65. The molecule has 5 aliphatic carbocycles. The smallest absolute Gasteiger partial charge is 0.309 e. The summed E-state index contributed by atoms with van der Waals surface area (Å²) in [5.74, 6) is -0.131. The fraction of sp³-hybridized carbons (Fsp3) is 0.800. The van der Waals surface area contributed by atoms with Gasteiger partial charge in [-0.15, -0.1) is 0 Å². The van der Waals surface area contributed by atoms with Crippen LogP contribution in [0.2, 0.25) is 0 Å². The Hall–Kier alpha value is -1.38. The van der Waals surface area contributed by atoms with Crippen LogP contribution in [0.1, 0.15) is 99.8 Å². The molecule has 0 aliphatic heterocycles. The van der Waals surface area contributed by atoms with Gasteiger partial charge in [-0.1, -0.05) is 66.2 Å². The Morgan fingerprint density at radius 2 is 1.64 bits per heavy atom. The third-order valence-electron chi connectivity index (χ3n) is 12.1. The van der Waals surface area contributed by atoms with Crippen molar-refractivity contribution in [2.24, 2.45) is 50.2 Å². The van der Waals surface area contributed by atoms with Gasteiger partial charge in [-0.05, 0) is 96.4 Å². The van der Waals surface area contributed by atoms with Crippen LogP contribution in [0.3, 0.4) is 0 Å². The van der Waals surface area contributed by atoms with Crippen LogP contribution < -0.4 is 0 Å². The number of allylic oxidation sites excluding steroid dienone is 4. The second-order valence-electron chi connectivity index (χ2n) is 14.6. The number of hydrogen-bond acceptors (Lipinski definition) is 2. The van der Waals surface area contributed by atoms with E-state index in [0.29, 0.717) is 12.3 Å². The van der Waals surface area contributed by atoms with Gasteiger partial charge in [0.1, 0.15) is 0 Å². The maximum atomic E-state index is 14.2. The number of carbonyl (C=O) groups excluding carboxylic acids is 1. The highest BCUT2D eigenvalue weighted by Crippen LogP contribution is 2.74. The van der Waals surface area contributed by atoms with Crippen molar-refractivity contribution in [3.8, 4) is 0 Å². The molecular formula is C30H44O3. The molecule has 5 aliphatic rings. The maximum absolute atomic E-state index is 14.2. The molecule has 0 aromatic carbocycles. The number of fused-ring (bicyclic) bond motifs is 7. The van der Waals surface area contributed by atoms with Crippen LogP contribution in [0.15, 0.2) is 23.8 Å². The quantitative estimate of drug-likeness (QED) is 0.427. The first-order valence-electron chi connectivity index (χ1n) is 13.3. The van der Waals surface area contributed by atoms with E-state index in [1.165, 1.54) is 12.0 Å². The average molecular weight is 453 g/mol. The third-order valence-corrected chi connectivity index (χ3v) is 12.1. The Kier molecular flexibility index (Phi) is 4.70. The Balaban J connectivity index is 1.67. The highest BCUT2D eigenvalue weighted by Gasteiger charge is 2.70. The van der Waals surface area contributed by atoms with Gasteiger partial charge in [0.15, 0.2) is 5.78 Å². The van der Waals surface area contributed by atoms with Gasteiger partial charge < -0.3 is 5.11 Å². The molecule has 0 bridgehead atoms. The largest absolute Gasteiger partial charge is 0.481 e. The molecule has 3 nitrogen and oxygen atoms in total. The molecule has 3 heteroatoms. The molecule has 3 unspecified atom stereocenters. The fourth-order valence-electron chi connectivity index (χ4n) is 10.00. The summed E-state index contributed by atoms with van der Waals surface area (Å²) >= 11 is 0. The van der Waals surface area contributed by atoms with Crippen LogP contribution in [0, 0.1) is 50.2 Å². The van der Waals surface area contributed by atoms with E-state index in [0.717, 1.165) is 38.5 Å². The number of aliphatic carboxylic acids is 1. The second kappa shape index (κ2) is 6.64. The van der Waals surface area contributed by atoms with E-state index in [-0.39, 0.29) is 44.7 Å². The number of ketones is 1. The molecule has 33 heavy (non-hydrogen) atoms. The lowest BCUT2D eigenvalue weighted by atomic mass is 9.34. The Labute approximate surface area is 200 Å². The summed E-state index contributed by atoms with van der Waals surface area (Å²) in [6.07, 6.45) is 14.1. The van der Waals surface area contributed by atoms with E-state index < -0.39 is 11.4 Å². The molecule has 0 spiro atoms. The van der Waals surface area contributed by atoms with Gasteiger partial charge in [-0.2, -0.15) is 0 Å². The first-order valence-corrected chi connectivity index (χ1v) is 13.3. The highest BCUT2D eigenvalue weighted by molar-refractivity contribution is 5.96. The van der Waals surface area contributed by atoms with E-state index in [1.54, 1.807) is 0 Å². The Morgan fingerprint density at radius 3 is 2.30 bits per heavy atom. The standard InChI is InChI=1S/C30H44O3/c1-25(2)13-15-30(24(32)33)16-14-29(7)23(19(30)18-25)20(31)17-22-27(5)11-8-10-26(3,4)21(27)9-12-28(22,29)6/h8,10,17,19,21,23H,9,11-16,18H2,1-7H3,(H,32,33)/t19?,21?,23?,27-,28+,29+,30-/m0/s1. The van der Waals surface area contributed by atoms with Crippen LogP contribution in [0.4, 0.5) is 0 Å². The molecule has 0 heterocycles. The van der Waals surface area contributed by atoms with E-state index in [1.807, 2.05) is 6.08 Å².